The number of rotatable bonds is 7. The molecule has 1 heterocycles. The largest absolute Gasteiger partial charge is 0.497 e. The summed E-state index contributed by atoms with van der Waals surface area (Å²) in [7, 11) is 3.10. The Balaban J connectivity index is 2.07. The number of hydrogen-bond acceptors (Lipinski definition) is 6. The Kier molecular flexibility index (Phi) is 6.28. The van der Waals surface area contributed by atoms with Crippen molar-refractivity contribution in [1.29, 1.82) is 0 Å². The number of hydrogen-bond donors (Lipinski definition) is 2. The molecular formula is C19H16Cl2N2O4S. The van der Waals surface area contributed by atoms with Crippen molar-refractivity contribution < 1.29 is 19.4 Å². The molecule has 1 aromatic heterocycles. The molecule has 28 heavy (non-hydrogen) atoms. The van der Waals surface area contributed by atoms with Crippen molar-refractivity contribution in [2.75, 3.05) is 19.5 Å². The fourth-order valence-electron chi connectivity index (χ4n) is 2.58. The second kappa shape index (κ2) is 8.68. The Bertz CT molecular complexity index is 1020. The van der Waals surface area contributed by atoms with Crippen molar-refractivity contribution >= 4 is 51.3 Å². The van der Waals surface area contributed by atoms with Crippen LogP contribution in [0.25, 0.3) is 11.3 Å². The van der Waals surface area contributed by atoms with E-state index in [2.05, 4.69) is 10.3 Å². The number of aromatic nitrogens is 1. The van der Waals surface area contributed by atoms with Gasteiger partial charge in [0.1, 0.15) is 11.5 Å². The number of carboxylic acids is 1. The fraction of sp³-hybridized carbons (Fsp3) is 0.158. The first-order valence-corrected chi connectivity index (χ1v) is 9.64. The SMILES string of the molecule is COc1ccc(OC)c(-c2nc(Nc3ccc(Cl)cc3Cl)sc2CC(=O)O)c1. The van der Waals surface area contributed by atoms with Crippen molar-refractivity contribution in [1.82, 2.24) is 4.98 Å². The van der Waals surface area contributed by atoms with E-state index in [4.69, 9.17) is 32.7 Å². The van der Waals surface area contributed by atoms with Crippen molar-refractivity contribution in [3.05, 3.63) is 51.3 Å². The maximum absolute atomic E-state index is 11.4. The van der Waals surface area contributed by atoms with Gasteiger partial charge in [0, 0.05) is 15.5 Å². The first-order chi connectivity index (χ1) is 13.4. The smallest absolute Gasteiger partial charge is 0.308 e. The zero-order valence-electron chi connectivity index (χ0n) is 15.0. The van der Waals surface area contributed by atoms with Crippen LogP contribution in [0.1, 0.15) is 4.88 Å². The van der Waals surface area contributed by atoms with E-state index in [9.17, 15) is 9.90 Å². The van der Waals surface area contributed by atoms with Crippen molar-refractivity contribution in [3.63, 3.8) is 0 Å². The molecule has 146 valence electrons. The van der Waals surface area contributed by atoms with E-state index in [1.165, 1.54) is 11.3 Å². The number of carbonyl (C=O) groups is 1. The molecular weight excluding hydrogens is 423 g/mol. The average Bonchev–Trinajstić information content (AvgIpc) is 3.04. The first-order valence-electron chi connectivity index (χ1n) is 8.07. The summed E-state index contributed by atoms with van der Waals surface area (Å²) in [6.45, 7) is 0. The Labute approximate surface area is 175 Å². The molecule has 0 saturated carbocycles. The molecule has 0 aliphatic carbocycles. The van der Waals surface area contributed by atoms with Gasteiger partial charge in [-0.2, -0.15) is 0 Å². The van der Waals surface area contributed by atoms with Gasteiger partial charge in [-0.05, 0) is 36.4 Å². The number of nitrogens with one attached hydrogen (secondary N) is 1. The van der Waals surface area contributed by atoms with E-state index in [0.29, 0.717) is 48.5 Å². The van der Waals surface area contributed by atoms with E-state index in [1.807, 2.05) is 0 Å². The number of anilines is 2. The summed E-state index contributed by atoms with van der Waals surface area (Å²) in [5, 5.41) is 13.9. The second-order valence-corrected chi connectivity index (χ2v) is 7.60. The monoisotopic (exact) mass is 438 g/mol. The molecule has 0 unspecified atom stereocenters. The number of ether oxygens (including phenoxy) is 2. The van der Waals surface area contributed by atoms with Crippen LogP contribution in [-0.2, 0) is 11.2 Å². The summed E-state index contributed by atoms with van der Waals surface area (Å²) in [5.41, 5.74) is 1.77. The third-order valence-electron chi connectivity index (χ3n) is 3.84. The second-order valence-electron chi connectivity index (χ2n) is 5.68. The summed E-state index contributed by atoms with van der Waals surface area (Å²) < 4.78 is 10.7. The number of halogens is 2. The Hall–Kier alpha value is -2.48. The van der Waals surface area contributed by atoms with Crippen LogP contribution in [0, 0.1) is 0 Å². The van der Waals surface area contributed by atoms with E-state index in [0.717, 1.165) is 0 Å². The highest BCUT2D eigenvalue weighted by Gasteiger charge is 2.20. The van der Waals surface area contributed by atoms with Crippen LogP contribution in [0.2, 0.25) is 10.0 Å². The third kappa shape index (κ3) is 4.49. The molecule has 0 amide bonds. The van der Waals surface area contributed by atoms with E-state index < -0.39 is 5.97 Å². The van der Waals surface area contributed by atoms with Crippen molar-refractivity contribution in [2.45, 2.75) is 6.42 Å². The topological polar surface area (TPSA) is 80.7 Å². The molecule has 2 N–H and O–H groups in total. The fourth-order valence-corrected chi connectivity index (χ4v) is 4.01. The van der Waals surface area contributed by atoms with Crippen molar-refractivity contribution in [3.8, 4) is 22.8 Å². The van der Waals surface area contributed by atoms with Crippen molar-refractivity contribution in [2.24, 2.45) is 0 Å². The first kappa shape index (κ1) is 20.3. The Morgan fingerprint density at radius 2 is 1.96 bits per heavy atom. The Morgan fingerprint density at radius 1 is 1.18 bits per heavy atom. The predicted molar refractivity (Wildman–Crippen MR) is 112 cm³/mol. The number of benzene rings is 2. The van der Waals surface area contributed by atoms with Gasteiger partial charge in [0.05, 0.1) is 37.0 Å². The minimum absolute atomic E-state index is 0.177. The molecule has 9 heteroatoms. The van der Waals surface area contributed by atoms with Gasteiger partial charge in [-0.25, -0.2) is 4.98 Å². The number of methoxy groups -OCH3 is 2. The zero-order valence-corrected chi connectivity index (χ0v) is 17.3. The molecule has 3 aromatic rings. The lowest BCUT2D eigenvalue weighted by Gasteiger charge is -2.10. The van der Waals surface area contributed by atoms with E-state index >= 15 is 0 Å². The molecule has 0 spiro atoms. The summed E-state index contributed by atoms with van der Waals surface area (Å²) in [6, 6.07) is 10.3. The van der Waals surface area contributed by atoms with E-state index in [1.54, 1.807) is 50.6 Å². The van der Waals surface area contributed by atoms with Crippen LogP contribution in [0.5, 0.6) is 11.5 Å². The van der Waals surface area contributed by atoms with Gasteiger partial charge in [-0.15, -0.1) is 11.3 Å². The van der Waals surface area contributed by atoms with Gasteiger partial charge in [-0.1, -0.05) is 23.2 Å². The minimum Gasteiger partial charge on any atom is -0.497 e. The van der Waals surface area contributed by atoms with Gasteiger partial charge in [-0.3, -0.25) is 4.79 Å². The highest BCUT2D eigenvalue weighted by atomic mass is 35.5. The highest BCUT2D eigenvalue weighted by molar-refractivity contribution is 7.16. The lowest BCUT2D eigenvalue weighted by molar-refractivity contribution is -0.136. The standard InChI is InChI=1S/C19H16Cl2N2O4S/c1-26-11-4-6-15(27-2)12(8-11)18-16(9-17(24)25)28-19(23-18)22-14-5-3-10(20)7-13(14)21/h3-8H,9H2,1-2H3,(H,22,23)(H,24,25). The molecule has 3 rings (SSSR count). The van der Waals surface area contributed by atoms with Crippen LogP contribution in [0.15, 0.2) is 36.4 Å². The minimum atomic E-state index is -0.956. The predicted octanol–water partition coefficient (Wildman–Crippen LogP) is 5.50. The summed E-state index contributed by atoms with van der Waals surface area (Å²) >= 11 is 13.4. The van der Waals surface area contributed by atoms with Gasteiger partial charge in [0.25, 0.3) is 0 Å². The van der Waals surface area contributed by atoms with Gasteiger partial charge < -0.3 is 19.9 Å². The number of carboxylic acid groups (broad SMARTS) is 1. The molecule has 2 aromatic carbocycles. The molecule has 0 atom stereocenters. The van der Waals surface area contributed by atoms with Crippen LogP contribution in [-0.4, -0.2) is 30.3 Å². The lowest BCUT2D eigenvalue weighted by atomic mass is 10.1. The number of thiazole rings is 1. The average molecular weight is 439 g/mol. The summed E-state index contributed by atoms with van der Waals surface area (Å²) in [6.07, 6.45) is -0.177. The normalized spacial score (nSPS) is 10.6. The van der Waals surface area contributed by atoms with Gasteiger partial charge in [0.2, 0.25) is 0 Å². The highest BCUT2D eigenvalue weighted by Crippen LogP contribution is 2.40. The maximum atomic E-state index is 11.4. The molecule has 6 nitrogen and oxygen atoms in total. The summed E-state index contributed by atoms with van der Waals surface area (Å²) in [5.74, 6) is 0.219. The van der Waals surface area contributed by atoms with Crippen LogP contribution in [0.4, 0.5) is 10.8 Å². The van der Waals surface area contributed by atoms with E-state index in [-0.39, 0.29) is 6.42 Å². The number of nitrogens with zero attached hydrogens (tertiary/aromatic N) is 1. The summed E-state index contributed by atoms with van der Waals surface area (Å²) in [4.78, 5) is 16.5. The Morgan fingerprint density at radius 3 is 2.61 bits per heavy atom. The van der Waals surface area contributed by atoms with Crippen LogP contribution in [0.3, 0.4) is 0 Å². The third-order valence-corrected chi connectivity index (χ3v) is 5.36. The molecule has 0 aliphatic rings. The van der Waals surface area contributed by atoms with Crippen LogP contribution < -0.4 is 14.8 Å². The lowest BCUT2D eigenvalue weighted by Crippen LogP contribution is -2.00. The molecule has 0 aliphatic heterocycles. The zero-order chi connectivity index (χ0) is 20.3. The number of aliphatic carboxylic acids is 1. The van der Waals surface area contributed by atoms with Crippen LogP contribution >= 0.6 is 34.5 Å². The molecule has 0 saturated heterocycles. The molecule has 0 fully saturated rings. The molecule has 0 radical (unpaired) electrons. The molecule has 0 bridgehead atoms. The quantitative estimate of drug-likeness (QED) is 0.506. The maximum Gasteiger partial charge on any atom is 0.308 e. The van der Waals surface area contributed by atoms with Gasteiger partial charge in [0.15, 0.2) is 5.13 Å². The van der Waals surface area contributed by atoms with Gasteiger partial charge >= 0.3 is 5.97 Å².